The SMILES string of the molecule is C#CCOCCOCCO[C@]1(C(=O)O)C[C@H](O)[C@@H](N)[C@H]([C@H](O)[C@H](O)CNC(=O)c2cccc(Oc3ccccc3)c2)O1. The molecule has 0 bridgehead atoms. The lowest BCUT2D eigenvalue weighted by Crippen LogP contribution is -2.66. The number of aliphatic hydroxyl groups excluding tert-OH is 3. The Hall–Kier alpha value is -3.58. The van der Waals surface area contributed by atoms with Crippen molar-refractivity contribution in [2.75, 3.05) is 39.6 Å². The van der Waals surface area contributed by atoms with Crippen LogP contribution in [-0.2, 0) is 23.7 Å². The third-order valence-corrected chi connectivity index (χ3v) is 6.35. The van der Waals surface area contributed by atoms with Crippen LogP contribution < -0.4 is 15.8 Å². The minimum absolute atomic E-state index is 0.0284. The standard InChI is InChI=1S/C29H36N2O11/c1-2-11-38-12-13-39-14-15-40-29(28(36)37)17-22(32)24(30)26(42-29)25(34)23(33)18-31-27(35)19-7-6-10-21(16-19)41-20-8-4-3-5-9-20/h1,3-10,16,22-26,32-34H,11-15,17-18,30H2,(H,31,35)(H,36,37)/t22-,23+,24+,25+,26+,29+/m0/s1. The fraction of sp³-hybridized carbons (Fsp3) is 0.448. The molecule has 1 heterocycles. The molecule has 0 saturated carbocycles. The van der Waals surface area contributed by atoms with E-state index >= 15 is 0 Å². The number of amides is 1. The molecule has 42 heavy (non-hydrogen) atoms. The molecule has 0 aliphatic carbocycles. The lowest BCUT2D eigenvalue weighted by atomic mass is 9.89. The molecule has 2 aromatic carbocycles. The smallest absolute Gasteiger partial charge is 0.364 e. The van der Waals surface area contributed by atoms with Gasteiger partial charge in [0.15, 0.2) is 0 Å². The highest BCUT2D eigenvalue weighted by atomic mass is 16.7. The summed E-state index contributed by atoms with van der Waals surface area (Å²) in [5, 5.41) is 44.3. The van der Waals surface area contributed by atoms with Crippen LogP contribution in [0.1, 0.15) is 16.8 Å². The Morgan fingerprint density at radius 3 is 2.48 bits per heavy atom. The number of nitrogens with one attached hydrogen (secondary N) is 1. The Bertz CT molecular complexity index is 1190. The van der Waals surface area contributed by atoms with E-state index in [1.165, 1.54) is 6.07 Å². The van der Waals surface area contributed by atoms with Crippen LogP contribution in [0.15, 0.2) is 54.6 Å². The van der Waals surface area contributed by atoms with E-state index in [4.69, 9.17) is 35.8 Å². The second-order valence-corrected chi connectivity index (χ2v) is 9.42. The molecule has 0 unspecified atom stereocenters. The zero-order valence-corrected chi connectivity index (χ0v) is 22.8. The van der Waals surface area contributed by atoms with Gasteiger partial charge >= 0.3 is 5.97 Å². The number of hydrogen-bond acceptors (Lipinski definition) is 11. The van der Waals surface area contributed by atoms with Gasteiger partial charge in [0, 0.05) is 18.5 Å². The van der Waals surface area contributed by atoms with E-state index in [-0.39, 0.29) is 38.6 Å². The van der Waals surface area contributed by atoms with E-state index in [1.807, 2.05) is 18.2 Å². The lowest BCUT2D eigenvalue weighted by Gasteiger charge is -2.45. The number of carbonyl (C=O) groups excluding carboxylic acids is 1. The summed E-state index contributed by atoms with van der Waals surface area (Å²) >= 11 is 0. The average molecular weight is 589 g/mol. The second-order valence-electron chi connectivity index (χ2n) is 9.42. The van der Waals surface area contributed by atoms with Crippen molar-refractivity contribution in [3.8, 4) is 23.8 Å². The van der Waals surface area contributed by atoms with Gasteiger partial charge in [0.25, 0.3) is 11.7 Å². The van der Waals surface area contributed by atoms with E-state index < -0.39 is 61.1 Å². The quantitative estimate of drug-likeness (QED) is 0.112. The minimum Gasteiger partial charge on any atom is -0.477 e. The van der Waals surface area contributed by atoms with Gasteiger partial charge < -0.3 is 55.2 Å². The summed E-state index contributed by atoms with van der Waals surface area (Å²) < 4.78 is 27.1. The van der Waals surface area contributed by atoms with Crippen molar-refractivity contribution in [3.63, 3.8) is 0 Å². The molecule has 228 valence electrons. The molecule has 7 N–H and O–H groups in total. The third-order valence-electron chi connectivity index (χ3n) is 6.35. The van der Waals surface area contributed by atoms with Crippen LogP contribution >= 0.6 is 0 Å². The number of aliphatic carboxylic acids is 1. The van der Waals surface area contributed by atoms with Gasteiger partial charge in [-0.1, -0.05) is 30.2 Å². The molecular formula is C29H36N2O11. The van der Waals surface area contributed by atoms with E-state index in [0.717, 1.165) is 0 Å². The highest BCUT2D eigenvalue weighted by Gasteiger charge is 2.54. The molecule has 0 spiro atoms. The van der Waals surface area contributed by atoms with Gasteiger partial charge in [0.05, 0.1) is 44.7 Å². The first-order valence-corrected chi connectivity index (χ1v) is 13.2. The van der Waals surface area contributed by atoms with Gasteiger partial charge in [-0.3, -0.25) is 4.79 Å². The maximum atomic E-state index is 12.7. The van der Waals surface area contributed by atoms with Crippen LogP contribution in [0.3, 0.4) is 0 Å². The maximum absolute atomic E-state index is 12.7. The van der Waals surface area contributed by atoms with Crippen LogP contribution in [0.5, 0.6) is 11.5 Å². The molecule has 2 aromatic rings. The highest BCUT2D eigenvalue weighted by molar-refractivity contribution is 5.94. The fourth-order valence-corrected chi connectivity index (χ4v) is 4.15. The first-order chi connectivity index (χ1) is 20.2. The lowest BCUT2D eigenvalue weighted by molar-refractivity contribution is -0.310. The van der Waals surface area contributed by atoms with Crippen LogP contribution in [0, 0.1) is 12.3 Å². The Kier molecular flexibility index (Phi) is 12.7. The predicted octanol–water partition coefficient (Wildman–Crippen LogP) is -0.128. The Morgan fingerprint density at radius 1 is 1.07 bits per heavy atom. The molecular weight excluding hydrogens is 552 g/mol. The van der Waals surface area contributed by atoms with E-state index in [0.29, 0.717) is 11.5 Å². The molecule has 13 nitrogen and oxygen atoms in total. The van der Waals surface area contributed by atoms with Gasteiger partial charge in [-0.05, 0) is 30.3 Å². The summed E-state index contributed by atoms with van der Waals surface area (Å²) in [5.41, 5.74) is 6.23. The molecule has 1 amide bonds. The summed E-state index contributed by atoms with van der Waals surface area (Å²) in [4.78, 5) is 24.9. The normalized spacial score (nSPS) is 23.4. The first kappa shape index (κ1) is 32.9. The number of carbonyl (C=O) groups is 2. The van der Waals surface area contributed by atoms with Crippen molar-refractivity contribution in [1.82, 2.24) is 5.32 Å². The minimum atomic E-state index is -2.37. The summed E-state index contributed by atoms with van der Waals surface area (Å²) in [7, 11) is 0. The number of terminal acetylenes is 1. The number of carboxylic acids is 1. The monoisotopic (exact) mass is 588 g/mol. The molecule has 0 radical (unpaired) electrons. The number of aliphatic hydroxyl groups is 3. The predicted molar refractivity (Wildman–Crippen MR) is 148 cm³/mol. The number of carboxylic acid groups (broad SMARTS) is 1. The topological polar surface area (TPSA) is 199 Å². The van der Waals surface area contributed by atoms with Crippen LogP contribution in [-0.4, -0.2) is 108 Å². The van der Waals surface area contributed by atoms with Crippen molar-refractivity contribution in [2.24, 2.45) is 5.73 Å². The molecule has 1 fully saturated rings. The molecule has 6 atom stereocenters. The van der Waals surface area contributed by atoms with Gasteiger partial charge in [0.2, 0.25) is 0 Å². The fourth-order valence-electron chi connectivity index (χ4n) is 4.15. The summed E-state index contributed by atoms with van der Waals surface area (Å²) in [6.07, 6.45) is -1.91. The van der Waals surface area contributed by atoms with Crippen LogP contribution in [0.4, 0.5) is 0 Å². The molecule has 1 saturated heterocycles. The largest absolute Gasteiger partial charge is 0.477 e. The van der Waals surface area contributed by atoms with Gasteiger partial charge in [-0.25, -0.2) is 4.79 Å². The first-order valence-electron chi connectivity index (χ1n) is 13.2. The molecule has 3 rings (SSSR count). The molecule has 0 aromatic heterocycles. The Balaban J connectivity index is 1.56. The van der Waals surface area contributed by atoms with Crippen LogP contribution in [0.2, 0.25) is 0 Å². The Morgan fingerprint density at radius 2 is 1.76 bits per heavy atom. The third kappa shape index (κ3) is 9.21. The summed E-state index contributed by atoms with van der Waals surface area (Å²) in [6, 6.07) is 14.1. The van der Waals surface area contributed by atoms with Crippen LogP contribution in [0.25, 0.3) is 0 Å². The number of hydrogen-bond donors (Lipinski definition) is 6. The number of rotatable bonds is 16. The van der Waals surface area contributed by atoms with Crippen molar-refractivity contribution in [1.29, 1.82) is 0 Å². The van der Waals surface area contributed by atoms with Crippen molar-refractivity contribution in [2.45, 2.75) is 42.7 Å². The molecule has 1 aliphatic rings. The average Bonchev–Trinajstić information content (AvgIpc) is 2.99. The van der Waals surface area contributed by atoms with Gasteiger partial charge in [-0.2, -0.15) is 0 Å². The summed E-state index contributed by atoms with van der Waals surface area (Å²) in [5.74, 6) is -1.20. The molecule has 13 heteroatoms. The Labute approximate surface area is 243 Å². The zero-order chi connectivity index (χ0) is 30.5. The molecule has 1 aliphatic heterocycles. The number of nitrogens with two attached hydrogens (primary N) is 1. The van der Waals surface area contributed by atoms with Crippen molar-refractivity contribution < 1.29 is 53.7 Å². The highest BCUT2D eigenvalue weighted by Crippen LogP contribution is 2.32. The van der Waals surface area contributed by atoms with E-state index in [2.05, 4.69) is 11.2 Å². The number of ether oxygens (including phenoxy) is 5. The van der Waals surface area contributed by atoms with Gasteiger partial charge in [0.1, 0.15) is 30.3 Å². The van der Waals surface area contributed by atoms with Gasteiger partial charge in [-0.15, -0.1) is 6.42 Å². The van der Waals surface area contributed by atoms with E-state index in [1.54, 1.807) is 30.3 Å². The van der Waals surface area contributed by atoms with E-state index in [9.17, 15) is 30.0 Å². The summed E-state index contributed by atoms with van der Waals surface area (Å²) in [6.45, 7) is -0.165. The zero-order valence-electron chi connectivity index (χ0n) is 22.8. The maximum Gasteiger partial charge on any atom is 0.364 e. The van der Waals surface area contributed by atoms with Crippen molar-refractivity contribution in [3.05, 3.63) is 60.2 Å². The second kappa shape index (κ2) is 16.2. The number of para-hydroxylation sites is 1. The number of benzene rings is 2. The van der Waals surface area contributed by atoms with Crippen molar-refractivity contribution >= 4 is 11.9 Å².